The number of carbonyl (C=O) groups is 1. The van der Waals surface area contributed by atoms with Gasteiger partial charge in [0, 0.05) is 11.9 Å². The molecule has 2 heterocycles. The van der Waals surface area contributed by atoms with Crippen LogP contribution in [0.1, 0.15) is 27.3 Å². The maximum absolute atomic E-state index is 11.5. The molecule has 0 saturated carbocycles. The summed E-state index contributed by atoms with van der Waals surface area (Å²) < 4.78 is 1.64. The fourth-order valence-corrected chi connectivity index (χ4v) is 1.85. The predicted molar refractivity (Wildman–Crippen MR) is 64.1 cm³/mol. The molecule has 5 nitrogen and oxygen atoms in total. The number of hydrogen-bond acceptors (Lipinski definition) is 3. The zero-order chi connectivity index (χ0) is 12.6. The zero-order valence-corrected chi connectivity index (χ0v) is 10.1. The molecule has 0 unspecified atom stereocenters. The number of primary amides is 1. The second-order valence-corrected chi connectivity index (χ2v) is 4.03. The molecule has 0 aliphatic rings. The Kier molecular flexibility index (Phi) is 2.67. The van der Waals surface area contributed by atoms with Crippen LogP contribution in [0.5, 0.6) is 0 Å². The van der Waals surface area contributed by atoms with E-state index >= 15 is 0 Å². The first-order valence-electron chi connectivity index (χ1n) is 5.29. The Hall–Kier alpha value is -2.17. The van der Waals surface area contributed by atoms with Crippen LogP contribution >= 0.6 is 0 Å². The lowest BCUT2D eigenvalue weighted by atomic mass is 10.1. The maximum Gasteiger partial charge on any atom is 0.252 e. The Morgan fingerprint density at radius 3 is 2.59 bits per heavy atom. The average Bonchev–Trinajstić information content (AvgIpc) is 2.56. The van der Waals surface area contributed by atoms with Crippen LogP contribution in [0.2, 0.25) is 0 Å². The van der Waals surface area contributed by atoms with Gasteiger partial charge in [-0.3, -0.25) is 4.79 Å². The molecule has 1 amide bonds. The Morgan fingerprint density at radius 2 is 2.06 bits per heavy atom. The van der Waals surface area contributed by atoms with Gasteiger partial charge in [0.2, 0.25) is 0 Å². The number of aryl methyl sites for hydroxylation is 3. The zero-order valence-electron chi connectivity index (χ0n) is 10.1. The average molecular weight is 230 g/mol. The molecule has 0 aliphatic heterocycles. The molecule has 2 N–H and O–H groups in total. The number of amides is 1. The lowest BCUT2D eigenvalue weighted by Crippen LogP contribution is -2.18. The van der Waals surface area contributed by atoms with Gasteiger partial charge in [0.05, 0.1) is 11.3 Å². The van der Waals surface area contributed by atoms with Crippen molar-refractivity contribution in [3.63, 3.8) is 0 Å². The van der Waals surface area contributed by atoms with Crippen LogP contribution in [-0.4, -0.2) is 20.7 Å². The van der Waals surface area contributed by atoms with Crippen molar-refractivity contribution in [2.75, 3.05) is 0 Å². The summed E-state index contributed by atoms with van der Waals surface area (Å²) >= 11 is 0. The highest BCUT2D eigenvalue weighted by atomic mass is 16.1. The summed E-state index contributed by atoms with van der Waals surface area (Å²) in [4.78, 5) is 15.7. The van der Waals surface area contributed by atoms with E-state index in [-0.39, 0.29) is 0 Å². The minimum Gasteiger partial charge on any atom is -0.365 e. The third kappa shape index (κ3) is 1.91. The summed E-state index contributed by atoms with van der Waals surface area (Å²) in [5.74, 6) is 0.00116. The van der Waals surface area contributed by atoms with Gasteiger partial charge >= 0.3 is 0 Å². The van der Waals surface area contributed by atoms with E-state index in [4.69, 9.17) is 5.73 Å². The Labute approximate surface area is 99.3 Å². The monoisotopic (exact) mass is 230 g/mol. The summed E-state index contributed by atoms with van der Waals surface area (Å²) in [5.41, 5.74) is 8.40. The minimum atomic E-state index is -0.488. The molecule has 0 aliphatic carbocycles. The second-order valence-electron chi connectivity index (χ2n) is 4.03. The third-order valence-corrected chi connectivity index (χ3v) is 2.60. The van der Waals surface area contributed by atoms with Crippen LogP contribution in [0.25, 0.3) is 5.82 Å². The van der Waals surface area contributed by atoms with Gasteiger partial charge in [0.1, 0.15) is 0 Å². The first-order chi connectivity index (χ1) is 8.00. The van der Waals surface area contributed by atoms with Crippen molar-refractivity contribution in [3.8, 4) is 5.82 Å². The van der Waals surface area contributed by atoms with Gasteiger partial charge in [-0.1, -0.05) is 0 Å². The smallest absolute Gasteiger partial charge is 0.252 e. The van der Waals surface area contributed by atoms with Crippen molar-refractivity contribution >= 4 is 5.91 Å². The second kappa shape index (κ2) is 4.01. The number of nitrogens with two attached hydrogens (primary N) is 1. The van der Waals surface area contributed by atoms with Crippen LogP contribution in [0.15, 0.2) is 18.3 Å². The lowest BCUT2D eigenvalue weighted by molar-refractivity contribution is 0.0999. The van der Waals surface area contributed by atoms with E-state index in [0.717, 1.165) is 17.0 Å². The van der Waals surface area contributed by atoms with E-state index in [9.17, 15) is 4.79 Å². The minimum absolute atomic E-state index is 0.415. The predicted octanol–water partition coefficient (Wildman–Crippen LogP) is 1.29. The molecule has 0 bridgehead atoms. The van der Waals surface area contributed by atoms with Crippen LogP contribution in [0.3, 0.4) is 0 Å². The first kappa shape index (κ1) is 11.3. The van der Waals surface area contributed by atoms with Crippen molar-refractivity contribution in [2.45, 2.75) is 20.8 Å². The Bertz CT molecular complexity index is 586. The fraction of sp³-hybridized carbons (Fsp3) is 0.250. The van der Waals surface area contributed by atoms with Crippen LogP contribution < -0.4 is 5.73 Å². The van der Waals surface area contributed by atoms with Gasteiger partial charge < -0.3 is 5.73 Å². The van der Waals surface area contributed by atoms with Crippen LogP contribution in [0.4, 0.5) is 0 Å². The number of carbonyl (C=O) groups excluding carboxylic acids is 1. The van der Waals surface area contributed by atoms with E-state index < -0.39 is 5.91 Å². The lowest BCUT2D eigenvalue weighted by Gasteiger charge is -2.09. The molecular weight excluding hydrogens is 216 g/mol. The molecule has 5 heteroatoms. The molecule has 17 heavy (non-hydrogen) atoms. The largest absolute Gasteiger partial charge is 0.365 e. The van der Waals surface area contributed by atoms with E-state index in [0.29, 0.717) is 11.4 Å². The Morgan fingerprint density at radius 1 is 1.35 bits per heavy atom. The molecule has 2 aromatic rings. The summed E-state index contributed by atoms with van der Waals surface area (Å²) in [5, 5.41) is 4.31. The highest BCUT2D eigenvalue weighted by Crippen LogP contribution is 2.17. The van der Waals surface area contributed by atoms with E-state index in [1.807, 2.05) is 26.8 Å². The molecule has 2 aromatic heterocycles. The standard InChI is InChI=1S/C12H14N4O/c1-7-4-5-14-12(10(7)11(13)17)16-9(3)6-8(2)15-16/h4-6H,1-3H3,(H2,13,17). The van der Waals surface area contributed by atoms with Gasteiger partial charge in [-0.15, -0.1) is 0 Å². The van der Waals surface area contributed by atoms with Crippen molar-refractivity contribution in [1.82, 2.24) is 14.8 Å². The molecular formula is C12H14N4O. The highest BCUT2D eigenvalue weighted by molar-refractivity contribution is 5.97. The first-order valence-corrected chi connectivity index (χ1v) is 5.29. The van der Waals surface area contributed by atoms with Crippen LogP contribution in [-0.2, 0) is 0 Å². The van der Waals surface area contributed by atoms with E-state index in [1.165, 1.54) is 0 Å². The van der Waals surface area contributed by atoms with Gasteiger partial charge in [0.15, 0.2) is 5.82 Å². The van der Waals surface area contributed by atoms with Crippen LogP contribution in [0, 0.1) is 20.8 Å². The third-order valence-electron chi connectivity index (χ3n) is 2.60. The number of nitrogens with zero attached hydrogens (tertiary/aromatic N) is 3. The highest BCUT2D eigenvalue weighted by Gasteiger charge is 2.16. The Balaban J connectivity index is 2.71. The normalized spacial score (nSPS) is 10.5. The number of pyridine rings is 1. The van der Waals surface area contributed by atoms with Gasteiger partial charge in [-0.2, -0.15) is 5.10 Å². The molecule has 0 radical (unpaired) electrons. The molecule has 0 fully saturated rings. The summed E-state index contributed by atoms with van der Waals surface area (Å²) in [6, 6.07) is 3.68. The molecule has 88 valence electrons. The quantitative estimate of drug-likeness (QED) is 0.844. The number of aromatic nitrogens is 3. The number of hydrogen-bond donors (Lipinski definition) is 1. The van der Waals surface area contributed by atoms with Gasteiger partial charge in [-0.05, 0) is 38.5 Å². The summed E-state index contributed by atoms with van der Waals surface area (Å²) in [7, 11) is 0. The summed E-state index contributed by atoms with van der Waals surface area (Å²) in [6.45, 7) is 5.63. The number of rotatable bonds is 2. The molecule has 0 saturated heterocycles. The fourth-order valence-electron chi connectivity index (χ4n) is 1.85. The topological polar surface area (TPSA) is 73.8 Å². The SMILES string of the molecule is Cc1cc(C)n(-c2nccc(C)c2C(N)=O)n1. The van der Waals surface area contributed by atoms with Crippen molar-refractivity contribution < 1.29 is 4.79 Å². The molecule has 0 atom stereocenters. The molecule has 2 rings (SSSR count). The molecule has 0 spiro atoms. The van der Waals surface area contributed by atoms with Gasteiger partial charge in [0.25, 0.3) is 5.91 Å². The van der Waals surface area contributed by atoms with Crippen molar-refractivity contribution in [3.05, 3.63) is 40.8 Å². The summed E-state index contributed by atoms with van der Waals surface area (Å²) in [6.07, 6.45) is 1.65. The molecule has 0 aromatic carbocycles. The maximum atomic E-state index is 11.5. The van der Waals surface area contributed by atoms with Crippen molar-refractivity contribution in [1.29, 1.82) is 0 Å². The van der Waals surface area contributed by atoms with E-state index in [1.54, 1.807) is 16.9 Å². The van der Waals surface area contributed by atoms with Gasteiger partial charge in [-0.25, -0.2) is 9.67 Å². The van der Waals surface area contributed by atoms with E-state index in [2.05, 4.69) is 10.1 Å². The van der Waals surface area contributed by atoms with Crippen molar-refractivity contribution in [2.24, 2.45) is 5.73 Å².